The Hall–Kier alpha value is -2.95. The van der Waals surface area contributed by atoms with Crippen LogP contribution >= 0.6 is 0 Å². The average Bonchev–Trinajstić information content (AvgIpc) is 2.63. The molecule has 122 valence electrons. The van der Waals surface area contributed by atoms with Gasteiger partial charge in [-0.1, -0.05) is 24.3 Å². The van der Waals surface area contributed by atoms with E-state index in [0.29, 0.717) is 5.95 Å². The molecule has 0 saturated carbocycles. The van der Waals surface area contributed by atoms with E-state index in [1.165, 1.54) is 0 Å². The van der Waals surface area contributed by atoms with Crippen LogP contribution in [0.15, 0.2) is 54.9 Å². The lowest BCUT2D eigenvalue weighted by Crippen LogP contribution is -2.17. The molecular formula is C19H20N4O. The molecule has 0 amide bonds. The second-order valence-corrected chi connectivity index (χ2v) is 5.54. The summed E-state index contributed by atoms with van der Waals surface area (Å²) in [5.74, 6) is 1.36. The number of para-hydroxylation sites is 1. The van der Waals surface area contributed by atoms with Gasteiger partial charge in [0.2, 0.25) is 5.95 Å². The highest BCUT2D eigenvalue weighted by Crippen LogP contribution is 2.31. The summed E-state index contributed by atoms with van der Waals surface area (Å²) in [5.41, 5.74) is 3.88. The van der Waals surface area contributed by atoms with Crippen LogP contribution in [0, 0.1) is 13.8 Å². The monoisotopic (exact) mass is 320 g/mol. The van der Waals surface area contributed by atoms with E-state index >= 15 is 0 Å². The van der Waals surface area contributed by atoms with Gasteiger partial charge >= 0.3 is 0 Å². The molecule has 0 spiro atoms. The van der Waals surface area contributed by atoms with Crippen LogP contribution in [0.2, 0.25) is 0 Å². The number of benzene rings is 1. The van der Waals surface area contributed by atoms with Gasteiger partial charge < -0.3 is 10.1 Å². The van der Waals surface area contributed by atoms with Gasteiger partial charge in [-0.15, -0.1) is 0 Å². The molecule has 0 saturated heterocycles. The second kappa shape index (κ2) is 7.08. The molecule has 0 radical (unpaired) electrons. The third kappa shape index (κ3) is 3.35. The van der Waals surface area contributed by atoms with Crippen molar-refractivity contribution in [1.82, 2.24) is 15.0 Å². The molecule has 0 aliphatic rings. The molecule has 5 nitrogen and oxygen atoms in total. The third-order valence-electron chi connectivity index (χ3n) is 3.93. The predicted molar refractivity (Wildman–Crippen MR) is 94.2 cm³/mol. The molecule has 3 rings (SSSR count). The van der Waals surface area contributed by atoms with Crippen molar-refractivity contribution in [2.45, 2.75) is 19.9 Å². The van der Waals surface area contributed by atoms with Gasteiger partial charge in [-0.05, 0) is 37.6 Å². The first kappa shape index (κ1) is 15.9. The largest absolute Gasteiger partial charge is 0.496 e. The summed E-state index contributed by atoms with van der Waals surface area (Å²) in [4.78, 5) is 13.4. The predicted octanol–water partition coefficient (Wildman–Crippen LogP) is 3.70. The van der Waals surface area contributed by atoms with E-state index < -0.39 is 0 Å². The van der Waals surface area contributed by atoms with E-state index in [1.54, 1.807) is 13.3 Å². The normalized spacial score (nSPS) is 11.8. The number of nitrogens with one attached hydrogen (secondary N) is 1. The molecule has 1 aromatic carbocycles. The van der Waals surface area contributed by atoms with Crippen LogP contribution < -0.4 is 10.1 Å². The van der Waals surface area contributed by atoms with Gasteiger partial charge in [0.1, 0.15) is 11.8 Å². The van der Waals surface area contributed by atoms with Crippen molar-refractivity contribution in [3.05, 3.63) is 77.4 Å². The zero-order valence-corrected chi connectivity index (χ0v) is 14.0. The van der Waals surface area contributed by atoms with Crippen LogP contribution in [-0.4, -0.2) is 22.1 Å². The minimum Gasteiger partial charge on any atom is -0.496 e. The average molecular weight is 320 g/mol. The van der Waals surface area contributed by atoms with Crippen molar-refractivity contribution in [2.24, 2.45) is 0 Å². The van der Waals surface area contributed by atoms with Gasteiger partial charge in [0.25, 0.3) is 0 Å². The molecule has 5 heteroatoms. The van der Waals surface area contributed by atoms with E-state index in [-0.39, 0.29) is 6.04 Å². The molecule has 0 aliphatic heterocycles. The molecule has 0 fully saturated rings. The minimum atomic E-state index is -0.204. The quantitative estimate of drug-likeness (QED) is 0.777. The van der Waals surface area contributed by atoms with Gasteiger partial charge in [-0.25, -0.2) is 9.97 Å². The van der Waals surface area contributed by atoms with Crippen LogP contribution in [0.5, 0.6) is 5.75 Å². The SMILES string of the molecule is COc1ccccc1C(Nc1ncc(C)c(C)n1)c1ccccn1. The fourth-order valence-electron chi connectivity index (χ4n) is 2.49. The van der Waals surface area contributed by atoms with Gasteiger partial charge in [-0.2, -0.15) is 0 Å². The molecule has 2 heterocycles. The number of hydrogen-bond acceptors (Lipinski definition) is 5. The Balaban J connectivity index is 2.04. The van der Waals surface area contributed by atoms with E-state index in [4.69, 9.17) is 4.74 Å². The van der Waals surface area contributed by atoms with Gasteiger partial charge in [0, 0.05) is 23.7 Å². The number of anilines is 1. The number of rotatable bonds is 5. The first-order chi connectivity index (χ1) is 11.7. The number of methoxy groups -OCH3 is 1. The van der Waals surface area contributed by atoms with Crippen LogP contribution in [-0.2, 0) is 0 Å². The first-order valence-electron chi connectivity index (χ1n) is 7.79. The van der Waals surface area contributed by atoms with E-state index in [0.717, 1.165) is 28.3 Å². The highest BCUT2D eigenvalue weighted by Gasteiger charge is 2.20. The number of pyridine rings is 1. The van der Waals surface area contributed by atoms with E-state index in [9.17, 15) is 0 Å². The van der Waals surface area contributed by atoms with Crippen LogP contribution in [0.3, 0.4) is 0 Å². The molecule has 0 aliphatic carbocycles. The lowest BCUT2D eigenvalue weighted by Gasteiger charge is -2.21. The smallest absolute Gasteiger partial charge is 0.223 e. The number of ether oxygens (including phenoxy) is 1. The Kier molecular flexibility index (Phi) is 4.70. The van der Waals surface area contributed by atoms with Crippen molar-refractivity contribution in [1.29, 1.82) is 0 Å². The van der Waals surface area contributed by atoms with E-state index in [2.05, 4.69) is 20.3 Å². The number of hydrogen-bond donors (Lipinski definition) is 1. The number of nitrogens with zero attached hydrogens (tertiary/aromatic N) is 3. The molecule has 1 unspecified atom stereocenters. The Labute approximate surface area is 141 Å². The third-order valence-corrected chi connectivity index (χ3v) is 3.93. The summed E-state index contributed by atoms with van der Waals surface area (Å²) in [6, 6.07) is 13.5. The fraction of sp³-hybridized carbons (Fsp3) is 0.211. The summed E-state index contributed by atoms with van der Waals surface area (Å²) in [7, 11) is 1.67. The number of aromatic nitrogens is 3. The summed E-state index contributed by atoms with van der Waals surface area (Å²) >= 11 is 0. The Bertz CT molecular complexity index is 821. The van der Waals surface area contributed by atoms with Crippen molar-refractivity contribution in [2.75, 3.05) is 12.4 Å². The summed E-state index contributed by atoms with van der Waals surface area (Å²) in [6.07, 6.45) is 3.60. The van der Waals surface area contributed by atoms with Gasteiger partial charge in [0.15, 0.2) is 0 Å². The van der Waals surface area contributed by atoms with Crippen molar-refractivity contribution < 1.29 is 4.74 Å². The Morgan fingerprint density at radius 1 is 1.00 bits per heavy atom. The Morgan fingerprint density at radius 2 is 1.79 bits per heavy atom. The highest BCUT2D eigenvalue weighted by atomic mass is 16.5. The zero-order chi connectivity index (χ0) is 16.9. The molecule has 2 aromatic heterocycles. The summed E-state index contributed by atoms with van der Waals surface area (Å²) < 4.78 is 5.52. The lowest BCUT2D eigenvalue weighted by atomic mass is 10.0. The minimum absolute atomic E-state index is 0.204. The standard InChI is InChI=1S/C19H20N4O/c1-13-12-21-19(22-14(13)2)23-18(16-9-6-7-11-20-16)15-8-4-5-10-17(15)24-3/h4-12,18H,1-3H3,(H,21,22,23). The lowest BCUT2D eigenvalue weighted by molar-refractivity contribution is 0.408. The van der Waals surface area contributed by atoms with Crippen molar-refractivity contribution >= 4 is 5.95 Å². The van der Waals surface area contributed by atoms with Crippen LogP contribution in [0.4, 0.5) is 5.95 Å². The first-order valence-corrected chi connectivity index (χ1v) is 7.79. The maximum absolute atomic E-state index is 5.52. The second-order valence-electron chi connectivity index (χ2n) is 5.54. The Morgan fingerprint density at radius 3 is 2.50 bits per heavy atom. The topological polar surface area (TPSA) is 59.9 Å². The maximum atomic E-state index is 5.52. The van der Waals surface area contributed by atoms with Crippen LogP contribution in [0.25, 0.3) is 0 Å². The highest BCUT2D eigenvalue weighted by molar-refractivity contribution is 5.45. The zero-order valence-electron chi connectivity index (χ0n) is 14.0. The van der Waals surface area contributed by atoms with Crippen molar-refractivity contribution in [3.63, 3.8) is 0 Å². The van der Waals surface area contributed by atoms with E-state index in [1.807, 2.05) is 62.5 Å². The fourth-order valence-corrected chi connectivity index (χ4v) is 2.49. The number of aryl methyl sites for hydroxylation is 2. The molecule has 24 heavy (non-hydrogen) atoms. The van der Waals surface area contributed by atoms with Gasteiger partial charge in [0.05, 0.1) is 12.8 Å². The molecule has 1 atom stereocenters. The molecule has 3 aromatic rings. The molecular weight excluding hydrogens is 300 g/mol. The van der Waals surface area contributed by atoms with Crippen molar-refractivity contribution in [3.8, 4) is 5.75 Å². The maximum Gasteiger partial charge on any atom is 0.223 e. The molecule has 0 bridgehead atoms. The van der Waals surface area contributed by atoms with Crippen LogP contribution in [0.1, 0.15) is 28.6 Å². The molecule has 1 N–H and O–H groups in total. The summed E-state index contributed by atoms with van der Waals surface area (Å²) in [5, 5.41) is 3.39. The summed E-state index contributed by atoms with van der Waals surface area (Å²) in [6.45, 7) is 3.97. The van der Waals surface area contributed by atoms with Gasteiger partial charge in [-0.3, -0.25) is 4.98 Å².